The molecule has 1 heterocycles. The second-order valence-electron chi connectivity index (χ2n) is 4.07. The highest BCUT2D eigenvalue weighted by atomic mass is 16.5. The lowest BCUT2D eigenvalue weighted by molar-refractivity contribution is -0.122. The quantitative estimate of drug-likeness (QED) is 0.450. The molecule has 6 nitrogen and oxygen atoms in total. The van der Waals surface area contributed by atoms with Gasteiger partial charge in [-0.15, -0.1) is 0 Å². The van der Waals surface area contributed by atoms with Crippen LogP contribution in [0.1, 0.15) is 6.42 Å². The van der Waals surface area contributed by atoms with E-state index >= 15 is 0 Å². The fraction of sp³-hybridized carbons (Fsp3) is 0.909. The lowest BCUT2D eigenvalue weighted by Crippen LogP contribution is -2.47. The third-order valence-corrected chi connectivity index (χ3v) is 2.60. The monoisotopic (exact) mass is 245 g/mol. The highest BCUT2D eigenvalue weighted by Gasteiger charge is 2.12. The maximum Gasteiger partial charge on any atom is 0.234 e. The molecule has 0 radical (unpaired) electrons. The van der Waals surface area contributed by atoms with Crippen molar-refractivity contribution in [2.45, 2.75) is 6.42 Å². The van der Waals surface area contributed by atoms with E-state index < -0.39 is 0 Å². The van der Waals surface area contributed by atoms with Crippen LogP contribution in [0, 0.1) is 0 Å². The fourth-order valence-electron chi connectivity index (χ4n) is 1.70. The summed E-state index contributed by atoms with van der Waals surface area (Å²) < 4.78 is 5.09. The Balaban J connectivity index is 1.93. The molecule has 0 saturated carbocycles. The molecule has 1 saturated heterocycles. The number of piperazine rings is 1. The van der Waals surface area contributed by atoms with Crippen LogP contribution >= 0.6 is 0 Å². The Labute approximate surface area is 102 Å². The first-order valence-electron chi connectivity index (χ1n) is 6.21. The van der Waals surface area contributed by atoms with Gasteiger partial charge in [0.15, 0.2) is 0 Å². The number of nitrogens with zero attached hydrogens (tertiary/aromatic N) is 1. The standard InChI is InChI=1S/C11H23N3O3/c15-7-9-17-8-1-2-13-11(16)10-14-5-3-12-4-6-14/h12,15H,1-10H2,(H,13,16). The summed E-state index contributed by atoms with van der Waals surface area (Å²) in [5.74, 6) is 0.0778. The Hall–Kier alpha value is -0.690. The van der Waals surface area contributed by atoms with Crippen LogP contribution in [0.2, 0.25) is 0 Å². The van der Waals surface area contributed by atoms with E-state index in [4.69, 9.17) is 9.84 Å². The maximum atomic E-state index is 11.5. The average molecular weight is 245 g/mol. The van der Waals surface area contributed by atoms with Crippen LogP contribution < -0.4 is 10.6 Å². The highest BCUT2D eigenvalue weighted by molar-refractivity contribution is 5.77. The molecule has 0 atom stereocenters. The molecule has 0 aliphatic carbocycles. The van der Waals surface area contributed by atoms with Gasteiger partial charge in [0, 0.05) is 39.3 Å². The molecule has 6 heteroatoms. The molecular weight excluding hydrogens is 222 g/mol. The predicted octanol–water partition coefficient (Wildman–Crippen LogP) is -1.59. The van der Waals surface area contributed by atoms with Crippen molar-refractivity contribution in [2.75, 3.05) is 59.1 Å². The van der Waals surface area contributed by atoms with Crippen molar-refractivity contribution in [3.05, 3.63) is 0 Å². The van der Waals surface area contributed by atoms with Crippen molar-refractivity contribution in [3.63, 3.8) is 0 Å². The Kier molecular flexibility index (Phi) is 7.91. The highest BCUT2D eigenvalue weighted by Crippen LogP contribution is 1.91. The molecule has 1 fully saturated rings. The number of amides is 1. The second kappa shape index (κ2) is 9.35. The summed E-state index contributed by atoms with van der Waals surface area (Å²) in [6.07, 6.45) is 0.785. The second-order valence-corrected chi connectivity index (χ2v) is 4.07. The fourth-order valence-corrected chi connectivity index (χ4v) is 1.70. The Bertz CT molecular complexity index is 208. The molecule has 0 aromatic carbocycles. The van der Waals surface area contributed by atoms with Crippen molar-refractivity contribution in [2.24, 2.45) is 0 Å². The third kappa shape index (κ3) is 7.27. The summed E-state index contributed by atoms with van der Waals surface area (Å²) in [7, 11) is 0. The minimum atomic E-state index is 0.0509. The minimum absolute atomic E-state index is 0.0509. The maximum absolute atomic E-state index is 11.5. The van der Waals surface area contributed by atoms with Gasteiger partial charge in [0.05, 0.1) is 19.8 Å². The number of hydrogen-bond acceptors (Lipinski definition) is 5. The molecule has 0 aromatic heterocycles. The van der Waals surface area contributed by atoms with Crippen molar-refractivity contribution >= 4 is 5.91 Å². The number of carbonyl (C=O) groups is 1. The smallest absolute Gasteiger partial charge is 0.234 e. The van der Waals surface area contributed by atoms with Gasteiger partial charge in [-0.2, -0.15) is 0 Å². The van der Waals surface area contributed by atoms with Gasteiger partial charge in [0.2, 0.25) is 5.91 Å². The van der Waals surface area contributed by atoms with Crippen LogP contribution in [-0.2, 0) is 9.53 Å². The molecule has 1 rings (SSSR count). The van der Waals surface area contributed by atoms with Crippen LogP contribution in [0.4, 0.5) is 0 Å². The van der Waals surface area contributed by atoms with Gasteiger partial charge >= 0.3 is 0 Å². The van der Waals surface area contributed by atoms with Crippen LogP contribution in [-0.4, -0.2) is 75.0 Å². The SMILES string of the molecule is O=C(CN1CCNCC1)NCCCOCCO. The Morgan fingerprint density at radius 1 is 1.35 bits per heavy atom. The summed E-state index contributed by atoms with van der Waals surface area (Å²) in [6.45, 7) is 5.92. The van der Waals surface area contributed by atoms with Gasteiger partial charge in [0.1, 0.15) is 0 Å². The third-order valence-electron chi connectivity index (χ3n) is 2.60. The zero-order chi connectivity index (χ0) is 12.3. The number of rotatable bonds is 8. The topological polar surface area (TPSA) is 73.8 Å². The average Bonchev–Trinajstić information content (AvgIpc) is 2.35. The number of aliphatic hydroxyl groups excluding tert-OH is 1. The van der Waals surface area contributed by atoms with Crippen molar-refractivity contribution < 1.29 is 14.6 Å². The first kappa shape index (κ1) is 14.4. The Morgan fingerprint density at radius 2 is 2.12 bits per heavy atom. The van der Waals surface area contributed by atoms with Gasteiger partial charge in [-0.1, -0.05) is 0 Å². The summed E-state index contributed by atoms with van der Waals surface area (Å²) in [5, 5.41) is 14.6. The van der Waals surface area contributed by atoms with Gasteiger partial charge in [-0.25, -0.2) is 0 Å². The summed E-state index contributed by atoms with van der Waals surface area (Å²) in [6, 6.07) is 0. The van der Waals surface area contributed by atoms with Crippen LogP contribution in [0.15, 0.2) is 0 Å². The number of ether oxygens (including phenoxy) is 1. The summed E-state index contributed by atoms with van der Waals surface area (Å²) >= 11 is 0. The van der Waals surface area contributed by atoms with Crippen molar-refractivity contribution in [3.8, 4) is 0 Å². The first-order valence-corrected chi connectivity index (χ1v) is 6.21. The van der Waals surface area contributed by atoms with Crippen molar-refractivity contribution in [1.29, 1.82) is 0 Å². The molecule has 100 valence electrons. The number of carbonyl (C=O) groups excluding carboxylic acids is 1. The molecule has 17 heavy (non-hydrogen) atoms. The minimum Gasteiger partial charge on any atom is -0.394 e. The molecule has 1 aliphatic heterocycles. The Morgan fingerprint density at radius 3 is 2.82 bits per heavy atom. The zero-order valence-electron chi connectivity index (χ0n) is 10.3. The largest absolute Gasteiger partial charge is 0.394 e. The number of nitrogens with one attached hydrogen (secondary N) is 2. The van der Waals surface area contributed by atoms with E-state index in [2.05, 4.69) is 15.5 Å². The summed E-state index contributed by atoms with van der Waals surface area (Å²) in [5.41, 5.74) is 0. The lowest BCUT2D eigenvalue weighted by Gasteiger charge is -2.26. The van der Waals surface area contributed by atoms with E-state index in [1.165, 1.54) is 0 Å². The van der Waals surface area contributed by atoms with E-state index in [1.807, 2.05) is 0 Å². The van der Waals surface area contributed by atoms with Crippen LogP contribution in [0.25, 0.3) is 0 Å². The molecule has 0 bridgehead atoms. The number of aliphatic hydroxyl groups is 1. The van der Waals surface area contributed by atoms with E-state index in [-0.39, 0.29) is 12.5 Å². The van der Waals surface area contributed by atoms with E-state index in [0.717, 1.165) is 32.6 Å². The van der Waals surface area contributed by atoms with Gasteiger partial charge in [-0.05, 0) is 6.42 Å². The first-order chi connectivity index (χ1) is 8.33. The number of hydrogen-bond donors (Lipinski definition) is 3. The molecular formula is C11H23N3O3. The van der Waals surface area contributed by atoms with E-state index in [1.54, 1.807) is 0 Å². The molecule has 0 aromatic rings. The van der Waals surface area contributed by atoms with Gasteiger partial charge in [0.25, 0.3) is 0 Å². The predicted molar refractivity (Wildman–Crippen MR) is 64.8 cm³/mol. The van der Waals surface area contributed by atoms with Gasteiger partial charge in [-0.3, -0.25) is 9.69 Å². The van der Waals surface area contributed by atoms with Crippen LogP contribution in [0.3, 0.4) is 0 Å². The molecule has 1 amide bonds. The molecule has 0 spiro atoms. The lowest BCUT2D eigenvalue weighted by atomic mass is 10.3. The summed E-state index contributed by atoms with van der Waals surface area (Å²) in [4.78, 5) is 13.7. The molecule has 1 aliphatic rings. The van der Waals surface area contributed by atoms with E-state index in [9.17, 15) is 4.79 Å². The van der Waals surface area contributed by atoms with Gasteiger partial charge < -0.3 is 20.5 Å². The molecule has 0 unspecified atom stereocenters. The van der Waals surface area contributed by atoms with Crippen molar-refractivity contribution in [1.82, 2.24) is 15.5 Å². The van der Waals surface area contributed by atoms with E-state index in [0.29, 0.717) is 26.3 Å². The molecule has 3 N–H and O–H groups in total. The van der Waals surface area contributed by atoms with Crippen LogP contribution in [0.5, 0.6) is 0 Å². The normalized spacial score (nSPS) is 17.0. The zero-order valence-corrected chi connectivity index (χ0v) is 10.3.